The fraction of sp³-hybridized carbons (Fsp3) is 0.429. The van der Waals surface area contributed by atoms with Gasteiger partial charge in [0.15, 0.2) is 0 Å². The van der Waals surface area contributed by atoms with Crippen LogP contribution in [0.25, 0.3) is 0 Å². The van der Waals surface area contributed by atoms with Crippen molar-refractivity contribution in [2.24, 2.45) is 0 Å². The SMILES string of the molecule is COCC#C/C=C/OS(=O)(=O)C(F)(F)F. The zero-order chi connectivity index (χ0) is 11.9. The van der Waals surface area contributed by atoms with E-state index in [1.165, 1.54) is 7.11 Å². The summed E-state index contributed by atoms with van der Waals surface area (Å²) in [4.78, 5) is 0. The molecule has 86 valence electrons. The van der Waals surface area contributed by atoms with Gasteiger partial charge in [0.25, 0.3) is 0 Å². The molecule has 0 aliphatic carbocycles. The third-order valence-electron chi connectivity index (χ3n) is 0.936. The fourth-order valence-corrected chi connectivity index (χ4v) is 0.673. The van der Waals surface area contributed by atoms with Crippen LogP contribution in [0.3, 0.4) is 0 Å². The Bertz CT molecular complexity index is 371. The lowest BCUT2D eigenvalue weighted by molar-refractivity contribution is -0.0514. The van der Waals surface area contributed by atoms with Crippen LogP contribution in [0, 0.1) is 11.8 Å². The standard InChI is InChI=1S/C7H7F3O4S/c1-13-5-3-2-4-6-14-15(11,12)7(8,9)10/h4,6H,5H2,1H3/b6-4+. The second kappa shape index (κ2) is 5.63. The van der Waals surface area contributed by atoms with Gasteiger partial charge in [0.1, 0.15) is 12.9 Å². The molecule has 0 saturated heterocycles. The van der Waals surface area contributed by atoms with Crippen molar-refractivity contribution in [1.82, 2.24) is 0 Å². The van der Waals surface area contributed by atoms with Gasteiger partial charge in [-0.15, -0.1) is 0 Å². The first-order valence-corrected chi connectivity index (χ1v) is 4.84. The van der Waals surface area contributed by atoms with Crippen LogP contribution >= 0.6 is 0 Å². The molecule has 0 atom stereocenters. The van der Waals surface area contributed by atoms with E-state index in [1.807, 2.05) is 0 Å². The summed E-state index contributed by atoms with van der Waals surface area (Å²) in [7, 11) is -4.20. The molecular formula is C7H7F3O4S. The summed E-state index contributed by atoms with van der Waals surface area (Å²) < 4.78 is 63.5. The second-order valence-electron chi connectivity index (χ2n) is 2.05. The van der Waals surface area contributed by atoms with E-state index in [9.17, 15) is 21.6 Å². The molecule has 0 aromatic heterocycles. The largest absolute Gasteiger partial charge is 0.534 e. The van der Waals surface area contributed by atoms with Crippen molar-refractivity contribution in [3.05, 3.63) is 12.3 Å². The maximum absolute atomic E-state index is 11.7. The minimum absolute atomic E-state index is 0.0797. The lowest BCUT2D eigenvalue weighted by Crippen LogP contribution is -2.23. The average molecular weight is 244 g/mol. The van der Waals surface area contributed by atoms with Crippen LogP contribution in [0.15, 0.2) is 12.3 Å². The van der Waals surface area contributed by atoms with E-state index in [2.05, 4.69) is 20.8 Å². The lowest BCUT2D eigenvalue weighted by Gasteiger charge is -2.04. The summed E-state index contributed by atoms with van der Waals surface area (Å²) in [5.41, 5.74) is -5.43. The molecule has 0 aromatic carbocycles. The van der Waals surface area contributed by atoms with Gasteiger partial charge in [0.2, 0.25) is 0 Å². The van der Waals surface area contributed by atoms with Gasteiger partial charge in [-0.3, -0.25) is 0 Å². The Morgan fingerprint density at radius 2 is 2.00 bits per heavy atom. The Hall–Kier alpha value is -1.20. The van der Waals surface area contributed by atoms with Crippen LogP contribution in [-0.2, 0) is 19.0 Å². The molecule has 0 spiro atoms. The van der Waals surface area contributed by atoms with Gasteiger partial charge in [0.05, 0.1) is 0 Å². The minimum atomic E-state index is -5.58. The zero-order valence-electron chi connectivity index (χ0n) is 7.54. The number of rotatable bonds is 3. The summed E-state index contributed by atoms with van der Waals surface area (Å²) in [5.74, 6) is 4.54. The van der Waals surface area contributed by atoms with E-state index < -0.39 is 15.6 Å². The third-order valence-corrected chi connectivity index (χ3v) is 1.87. The Kier molecular flexibility index (Phi) is 5.18. The summed E-state index contributed by atoms with van der Waals surface area (Å²) in [5, 5.41) is 0. The quantitative estimate of drug-likeness (QED) is 0.322. The maximum Gasteiger partial charge on any atom is 0.534 e. The van der Waals surface area contributed by atoms with Gasteiger partial charge in [-0.25, -0.2) is 0 Å². The summed E-state index contributed by atoms with van der Waals surface area (Å²) in [6.45, 7) is 0.0797. The normalized spacial score (nSPS) is 12.3. The van der Waals surface area contributed by atoms with Gasteiger partial charge >= 0.3 is 15.6 Å². The Morgan fingerprint density at radius 3 is 2.47 bits per heavy atom. The first kappa shape index (κ1) is 13.8. The van der Waals surface area contributed by atoms with E-state index in [0.29, 0.717) is 6.26 Å². The first-order chi connectivity index (χ1) is 6.81. The summed E-state index contributed by atoms with van der Waals surface area (Å²) in [6, 6.07) is 0. The number of methoxy groups -OCH3 is 1. The average Bonchev–Trinajstić information content (AvgIpc) is 2.09. The van der Waals surface area contributed by atoms with E-state index in [-0.39, 0.29) is 6.61 Å². The van der Waals surface area contributed by atoms with E-state index >= 15 is 0 Å². The molecule has 0 unspecified atom stereocenters. The van der Waals surface area contributed by atoms with Crippen LogP contribution in [0.2, 0.25) is 0 Å². The van der Waals surface area contributed by atoms with Crippen LogP contribution in [-0.4, -0.2) is 27.6 Å². The fourth-order valence-electron chi connectivity index (χ4n) is 0.362. The molecule has 0 amide bonds. The highest BCUT2D eigenvalue weighted by atomic mass is 32.2. The van der Waals surface area contributed by atoms with Gasteiger partial charge in [0, 0.05) is 13.2 Å². The van der Waals surface area contributed by atoms with Gasteiger partial charge in [-0.05, 0) is 0 Å². The molecule has 0 aliphatic rings. The van der Waals surface area contributed by atoms with Crippen molar-refractivity contribution in [3.8, 4) is 11.8 Å². The number of hydrogen-bond donors (Lipinski definition) is 0. The molecule has 0 fully saturated rings. The van der Waals surface area contributed by atoms with Crippen molar-refractivity contribution in [3.63, 3.8) is 0 Å². The molecule has 0 N–H and O–H groups in total. The molecule has 4 nitrogen and oxygen atoms in total. The molecular weight excluding hydrogens is 237 g/mol. The zero-order valence-corrected chi connectivity index (χ0v) is 8.35. The van der Waals surface area contributed by atoms with Crippen molar-refractivity contribution in [2.75, 3.05) is 13.7 Å². The Labute approximate surface area is 84.8 Å². The van der Waals surface area contributed by atoms with Crippen LogP contribution in [0.1, 0.15) is 0 Å². The predicted octanol–water partition coefficient (Wildman–Crippen LogP) is 1.02. The molecule has 0 saturated carbocycles. The van der Waals surface area contributed by atoms with Crippen LogP contribution in [0.4, 0.5) is 13.2 Å². The smallest absolute Gasteiger partial charge is 0.383 e. The number of alkyl halides is 3. The molecule has 0 aliphatic heterocycles. The van der Waals surface area contributed by atoms with E-state index in [4.69, 9.17) is 0 Å². The van der Waals surface area contributed by atoms with Crippen LogP contribution < -0.4 is 0 Å². The number of ether oxygens (including phenoxy) is 1. The minimum Gasteiger partial charge on any atom is -0.383 e. The van der Waals surface area contributed by atoms with Crippen molar-refractivity contribution in [2.45, 2.75) is 5.51 Å². The Balaban J connectivity index is 4.25. The maximum atomic E-state index is 11.7. The second-order valence-corrected chi connectivity index (χ2v) is 3.62. The highest BCUT2D eigenvalue weighted by Gasteiger charge is 2.47. The van der Waals surface area contributed by atoms with Gasteiger partial charge < -0.3 is 8.92 Å². The monoisotopic (exact) mass is 244 g/mol. The molecule has 15 heavy (non-hydrogen) atoms. The van der Waals surface area contributed by atoms with Crippen LogP contribution in [0.5, 0.6) is 0 Å². The van der Waals surface area contributed by atoms with Crippen molar-refractivity contribution >= 4 is 10.1 Å². The summed E-state index contributed by atoms with van der Waals surface area (Å²) in [6.07, 6.45) is 1.16. The topological polar surface area (TPSA) is 52.6 Å². The van der Waals surface area contributed by atoms with Gasteiger partial charge in [-0.1, -0.05) is 11.8 Å². The van der Waals surface area contributed by atoms with E-state index in [0.717, 1.165) is 6.08 Å². The van der Waals surface area contributed by atoms with Gasteiger partial charge in [-0.2, -0.15) is 21.6 Å². The highest BCUT2D eigenvalue weighted by molar-refractivity contribution is 7.87. The highest BCUT2D eigenvalue weighted by Crippen LogP contribution is 2.24. The van der Waals surface area contributed by atoms with E-state index in [1.54, 1.807) is 0 Å². The number of hydrogen-bond acceptors (Lipinski definition) is 4. The number of halogens is 3. The molecule has 8 heteroatoms. The Morgan fingerprint density at radius 1 is 1.40 bits per heavy atom. The lowest BCUT2D eigenvalue weighted by atomic mass is 10.6. The molecule has 0 rings (SSSR count). The molecule has 0 aromatic rings. The van der Waals surface area contributed by atoms with Crippen molar-refractivity contribution < 1.29 is 30.5 Å². The van der Waals surface area contributed by atoms with Crippen molar-refractivity contribution in [1.29, 1.82) is 0 Å². The molecule has 0 bridgehead atoms. The number of allylic oxidation sites excluding steroid dienone is 1. The first-order valence-electron chi connectivity index (χ1n) is 3.43. The molecule has 0 radical (unpaired) electrons. The third kappa shape index (κ3) is 5.29. The predicted molar refractivity (Wildman–Crippen MR) is 44.9 cm³/mol. The molecule has 0 heterocycles. The summed E-state index contributed by atoms with van der Waals surface area (Å²) >= 11 is 0.